The summed E-state index contributed by atoms with van der Waals surface area (Å²) in [6, 6.07) is 7.83. The van der Waals surface area contributed by atoms with E-state index in [1.54, 1.807) is 0 Å². The summed E-state index contributed by atoms with van der Waals surface area (Å²) in [5.74, 6) is -0.640. The summed E-state index contributed by atoms with van der Waals surface area (Å²) in [5, 5.41) is 0. The van der Waals surface area contributed by atoms with Crippen LogP contribution < -0.4 is 5.56 Å². The lowest BCUT2D eigenvalue weighted by Gasteiger charge is -2.20. The molecule has 0 saturated heterocycles. The molecular weight excluding hydrogens is 297 g/mol. The maximum absolute atomic E-state index is 12.9. The Morgan fingerprint density at radius 3 is 2.50 bits per heavy atom. The number of carbonyl (C=O) groups excluding carboxylic acids is 1. The topological polar surface area (TPSA) is 53.2 Å². The van der Waals surface area contributed by atoms with Gasteiger partial charge in [0.15, 0.2) is 0 Å². The van der Waals surface area contributed by atoms with Gasteiger partial charge in [-0.3, -0.25) is 9.59 Å². The third kappa shape index (κ3) is 3.36. The lowest BCUT2D eigenvalue weighted by atomic mass is 10.1. The van der Waals surface area contributed by atoms with Crippen LogP contribution in [0.1, 0.15) is 21.5 Å². The van der Waals surface area contributed by atoms with Gasteiger partial charge >= 0.3 is 6.18 Å². The van der Waals surface area contributed by atoms with Crippen LogP contribution in [0, 0.1) is 0 Å². The molecule has 22 heavy (non-hydrogen) atoms. The zero-order valence-electron chi connectivity index (χ0n) is 11.6. The summed E-state index contributed by atoms with van der Waals surface area (Å²) in [7, 11) is 1.35. The molecule has 0 spiro atoms. The van der Waals surface area contributed by atoms with Gasteiger partial charge in [-0.2, -0.15) is 13.2 Å². The van der Waals surface area contributed by atoms with E-state index in [9.17, 15) is 22.8 Å². The molecule has 1 aromatic carbocycles. The van der Waals surface area contributed by atoms with E-state index >= 15 is 0 Å². The van der Waals surface area contributed by atoms with Gasteiger partial charge in [0.25, 0.3) is 11.5 Å². The number of rotatable bonds is 3. The van der Waals surface area contributed by atoms with Gasteiger partial charge in [-0.1, -0.05) is 18.2 Å². The summed E-state index contributed by atoms with van der Waals surface area (Å²) in [6.07, 6.45) is -3.12. The van der Waals surface area contributed by atoms with E-state index in [-0.39, 0.29) is 17.7 Å². The van der Waals surface area contributed by atoms with Crippen LogP contribution in [0.4, 0.5) is 13.2 Å². The van der Waals surface area contributed by atoms with E-state index in [2.05, 4.69) is 4.98 Å². The third-order valence-electron chi connectivity index (χ3n) is 3.13. The lowest BCUT2D eigenvalue weighted by Crippen LogP contribution is -2.31. The second-order valence-electron chi connectivity index (χ2n) is 4.73. The van der Waals surface area contributed by atoms with Gasteiger partial charge in [0.2, 0.25) is 0 Å². The largest absolute Gasteiger partial charge is 0.416 e. The Labute approximate surface area is 124 Å². The fourth-order valence-corrected chi connectivity index (χ4v) is 2.06. The molecule has 0 atom stereocenters. The lowest BCUT2D eigenvalue weighted by molar-refractivity contribution is -0.138. The smallest absolute Gasteiger partial charge is 0.337 e. The van der Waals surface area contributed by atoms with E-state index in [0.717, 1.165) is 11.0 Å². The minimum Gasteiger partial charge on any atom is -0.337 e. The quantitative estimate of drug-likeness (QED) is 0.947. The van der Waals surface area contributed by atoms with Crippen molar-refractivity contribution < 1.29 is 18.0 Å². The van der Waals surface area contributed by atoms with Gasteiger partial charge in [0, 0.05) is 19.8 Å². The first-order valence-corrected chi connectivity index (χ1v) is 6.39. The number of carbonyl (C=O) groups is 1. The van der Waals surface area contributed by atoms with Crippen molar-refractivity contribution >= 4 is 5.91 Å². The van der Waals surface area contributed by atoms with Crippen LogP contribution in [0.5, 0.6) is 0 Å². The maximum Gasteiger partial charge on any atom is 0.416 e. The van der Waals surface area contributed by atoms with E-state index in [1.165, 1.54) is 43.6 Å². The van der Waals surface area contributed by atoms with Crippen LogP contribution in [0.2, 0.25) is 0 Å². The number of hydrogen-bond acceptors (Lipinski definition) is 2. The van der Waals surface area contributed by atoms with Crippen LogP contribution in [-0.2, 0) is 12.7 Å². The van der Waals surface area contributed by atoms with Crippen LogP contribution in [-0.4, -0.2) is 22.8 Å². The molecule has 1 amide bonds. The highest BCUT2D eigenvalue weighted by Gasteiger charge is 2.33. The number of benzene rings is 1. The summed E-state index contributed by atoms with van der Waals surface area (Å²) in [6.45, 7) is -0.247. The number of aromatic amines is 1. The molecule has 7 heteroatoms. The molecule has 0 fully saturated rings. The second kappa shape index (κ2) is 6.05. The van der Waals surface area contributed by atoms with E-state index in [0.29, 0.717) is 0 Å². The van der Waals surface area contributed by atoms with Crippen LogP contribution in [0.3, 0.4) is 0 Å². The highest BCUT2D eigenvalue weighted by molar-refractivity contribution is 5.93. The van der Waals surface area contributed by atoms with Gasteiger partial charge in [-0.25, -0.2) is 0 Å². The molecular formula is C15H13F3N2O2. The van der Waals surface area contributed by atoms with Crippen molar-refractivity contribution in [3.05, 3.63) is 69.6 Å². The van der Waals surface area contributed by atoms with Gasteiger partial charge < -0.3 is 9.88 Å². The number of pyridine rings is 1. The SMILES string of the molecule is CN(Cc1ccccc1C(F)(F)F)C(=O)c1ccc[nH]c1=O. The number of nitrogens with one attached hydrogen (secondary N) is 1. The minimum atomic E-state index is -4.50. The normalized spacial score (nSPS) is 11.3. The monoisotopic (exact) mass is 310 g/mol. The first-order valence-electron chi connectivity index (χ1n) is 6.39. The van der Waals surface area contributed by atoms with Gasteiger partial charge in [-0.15, -0.1) is 0 Å². The maximum atomic E-state index is 12.9. The van der Waals surface area contributed by atoms with Crippen molar-refractivity contribution in [1.82, 2.24) is 9.88 Å². The Hall–Kier alpha value is -2.57. The van der Waals surface area contributed by atoms with Gasteiger partial charge in [0.1, 0.15) is 5.56 Å². The Morgan fingerprint density at radius 1 is 1.18 bits per heavy atom. The first-order chi connectivity index (χ1) is 10.3. The molecule has 116 valence electrons. The Kier molecular flexibility index (Phi) is 4.35. The van der Waals surface area contributed by atoms with E-state index in [1.807, 2.05) is 0 Å². The van der Waals surface area contributed by atoms with Crippen LogP contribution in [0.25, 0.3) is 0 Å². The molecule has 2 rings (SSSR count). The van der Waals surface area contributed by atoms with Crippen molar-refractivity contribution in [1.29, 1.82) is 0 Å². The molecule has 4 nitrogen and oxygen atoms in total. The molecule has 0 aliphatic carbocycles. The number of amides is 1. The van der Waals surface area contributed by atoms with Crippen molar-refractivity contribution in [2.75, 3.05) is 7.05 Å². The van der Waals surface area contributed by atoms with Crippen molar-refractivity contribution in [3.8, 4) is 0 Å². The second-order valence-corrected chi connectivity index (χ2v) is 4.73. The highest BCUT2D eigenvalue weighted by Crippen LogP contribution is 2.32. The van der Waals surface area contributed by atoms with Crippen molar-refractivity contribution in [2.24, 2.45) is 0 Å². The van der Waals surface area contributed by atoms with Crippen LogP contribution in [0.15, 0.2) is 47.4 Å². The fraction of sp³-hybridized carbons (Fsp3) is 0.200. The molecule has 1 heterocycles. The summed E-state index contributed by atoms with van der Waals surface area (Å²) in [5.41, 5.74) is -1.52. The van der Waals surface area contributed by atoms with Crippen molar-refractivity contribution in [3.63, 3.8) is 0 Å². The van der Waals surface area contributed by atoms with E-state index in [4.69, 9.17) is 0 Å². The first kappa shape index (κ1) is 15.8. The number of aromatic nitrogens is 1. The third-order valence-corrected chi connectivity index (χ3v) is 3.13. The molecule has 1 aromatic heterocycles. The average molecular weight is 310 g/mol. The molecule has 0 saturated carbocycles. The Morgan fingerprint density at radius 2 is 1.86 bits per heavy atom. The Bertz CT molecular complexity index is 738. The standard InChI is InChI=1S/C15H13F3N2O2/c1-20(14(22)11-6-4-8-19-13(11)21)9-10-5-2-3-7-12(10)15(16,17)18/h2-8H,9H2,1H3,(H,19,21). The molecule has 1 N–H and O–H groups in total. The predicted octanol–water partition coefficient (Wildman–Crippen LogP) is 2.67. The fourth-order valence-electron chi connectivity index (χ4n) is 2.06. The predicted molar refractivity (Wildman–Crippen MR) is 74.3 cm³/mol. The number of halogens is 3. The molecule has 0 unspecified atom stereocenters. The molecule has 0 aliphatic heterocycles. The zero-order chi connectivity index (χ0) is 16.3. The average Bonchev–Trinajstić information content (AvgIpc) is 2.46. The molecule has 2 aromatic rings. The highest BCUT2D eigenvalue weighted by atomic mass is 19.4. The number of alkyl halides is 3. The molecule has 0 bridgehead atoms. The summed E-state index contributed by atoms with van der Waals surface area (Å²) in [4.78, 5) is 27.1. The summed E-state index contributed by atoms with van der Waals surface area (Å²) < 4.78 is 38.8. The van der Waals surface area contributed by atoms with E-state index < -0.39 is 23.2 Å². The number of hydrogen-bond donors (Lipinski definition) is 1. The molecule has 0 radical (unpaired) electrons. The van der Waals surface area contributed by atoms with Crippen molar-refractivity contribution in [2.45, 2.75) is 12.7 Å². The van der Waals surface area contributed by atoms with Gasteiger partial charge in [-0.05, 0) is 23.8 Å². The summed E-state index contributed by atoms with van der Waals surface area (Å²) >= 11 is 0. The zero-order valence-corrected chi connectivity index (χ0v) is 11.6. The minimum absolute atomic E-state index is 0.0294. The Balaban J connectivity index is 2.27. The number of H-pyrrole nitrogens is 1. The van der Waals surface area contributed by atoms with Gasteiger partial charge in [0.05, 0.1) is 5.56 Å². The number of nitrogens with zero attached hydrogens (tertiary/aromatic N) is 1. The molecule has 0 aliphatic rings. The van der Waals surface area contributed by atoms with Crippen LogP contribution >= 0.6 is 0 Å².